The Morgan fingerprint density at radius 2 is 2.05 bits per heavy atom. The van der Waals surface area contributed by atoms with Crippen molar-refractivity contribution in [1.82, 2.24) is 0 Å². The highest BCUT2D eigenvalue weighted by Crippen LogP contribution is 2.18. The van der Waals surface area contributed by atoms with Gasteiger partial charge in [-0.1, -0.05) is 12.1 Å². The van der Waals surface area contributed by atoms with Crippen molar-refractivity contribution in [3.8, 4) is 0 Å². The van der Waals surface area contributed by atoms with Gasteiger partial charge in [0.25, 0.3) is 0 Å². The maximum Gasteiger partial charge on any atom is 0.321 e. The monoisotopic (exact) mass is 326 g/mol. The lowest BCUT2D eigenvalue weighted by molar-refractivity contribution is -0.137. The fourth-order valence-electron chi connectivity index (χ4n) is 1.30. The lowest BCUT2D eigenvalue weighted by Gasteiger charge is -2.13. The third-order valence-electron chi connectivity index (χ3n) is 2.31. The van der Waals surface area contributed by atoms with E-state index in [1.807, 2.05) is 37.2 Å². The molecule has 0 saturated carbocycles. The number of benzene rings is 1. The van der Waals surface area contributed by atoms with Gasteiger partial charge in [-0.2, -0.15) is 11.8 Å². The Hall–Kier alpha value is -0.620. The zero-order valence-electron chi connectivity index (χ0n) is 10.9. The largest absolute Gasteiger partial charge is 0.480 e. The lowest BCUT2D eigenvalue weighted by atomic mass is 10.2. The average Bonchev–Trinajstić information content (AvgIpc) is 2.29. The number of nitrogens with two attached hydrogens (primary N) is 1. The van der Waals surface area contributed by atoms with Gasteiger partial charge in [0.05, 0.1) is 0 Å². The fourth-order valence-corrected chi connectivity index (χ4v) is 2.23. The van der Waals surface area contributed by atoms with Crippen molar-refractivity contribution in [2.45, 2.75) is 11.8 Å². The molecule has 1 rings (SSSR count). The fraction of sp³-hybridized carbons (Fsp3) is 0.417. The zero-order valence-corrected chi connectivity index (χ0v) is 13.4. The highest BCUT2D eigenvalue weighted by atomic mass is 35.5. The second-order valence-electron chi connectivity index (χ2n) is 4.02. The van der Waals surface area contributed by atoms with Crippen LogP contribution < -0.4 is 10.6 Å². The SMILES string of the molecule is CN(C)c1cccc(CSC[C@H](N)C(=O)O)c1.Cl.Cl. The molecule has 1 aromatic carbocycles. The molecule has 0 bridgehead atoms. The summed E-state index contributed by atoms with van der Waals surface area (Å²) in [5.74, 6) is 0.268. The first-order valence-corrected chi connectivity index (χ1v) is 6.48. The average molecular weight is 327 g/mol. The van der Waals surface area contributed by atoms with Gasteiger partial charge in [0, 0.05) is 31.3 Å². The van der Waals surface area contributed by atoms with Crippen LogP contribution in [0.15, 0.2) is 24.3 Å². The Bertz CT molecular complexity index is 392. The van der Waals surface area contributed by atoms with E-state index in [4.69, 9.17) is 10.8 Å². The van der Waals surface area contributed by atoms with Gasteiger partial charge in [-0.05, 0) is 17.7 Å². The first-order valence-electron chi connectivity index (χ1n) is 5.33. The van der Waals surface area contributed by atoms with Crippen molar-refractivity contribution in [3.63, 3.8) is 0 Å². The van der Waals surface area contributed by atoms with E-state index in [0.717, 1.165) is 11.4 Å². The summed E-state index contributed by atoms with van der Waals surface area (Å²) in [6, 6.07) is 7.39. The summed E-state index contributed by atoms with van der Waals surface area (Å²) in [6.07, 6.45) is 0. The van der Waals surface area contributed by atoms with Gasteiger partial charge in [0.2, 0.25) is 0 Å². The Kier molecular flexibility index (Phi) is 11.1. The normalized spacial score (nSPS) is 10.9. The minimum Gasteiger partial charge on any atom is -0.480 e. The molecule has 0 unspecified atom stereocenters. The maximum absolute atomic E-state index is 10.5. The molecule has 7 heteroatoms. The van der Waals surface area contributed by atoms with Gasteiger partial charge >= 0.3 is 5.97 Å². The van der Waals surface area contributed by atoms with Crippen molar-refractivity contribution in [3.05, 3.63) is 29.8 Å². The summed E-state index contributed by atoms with van der Waals surface area (Å²) in [4.78, 5) is 12.6. The minimum atomic E-state index is -0.945. The van der Waals surface area contributed by atoms with Gasteiger partial charge in [-0.25, -0.2) is 0 Å². The van der Waals surface area contributed by atoms with E-state index in [1.165, 1.54) is 17.3 Å². The van der Waals surface area contributed by atoms with Crippen molar-refractivity contribution in [2.75, 3.05) is 24.7 Å². The minimum absolute atomic E-state index is 0. The predicted octanol–water partition coefficient (Wildman–Crippen LogP) is 2.24. The number of halogens is 2. The van der Waals surface area contributed by atoms with Crippen LogP contribution in [0.25, 0.3) is 0 Å². The number of hydrogen-bond acceptors (Lipinski definition) is 4. The Morgan fingerprint density at radius 3 is 2.58 bits per heavy atom. The number of anilines is 1. The number of carbonyl (C=O) groups is 1. The van der Waals surface area contributed by atoms with Crippen LogP contribution in [0.3, 0.4) is 0 Å². The number of carboxylic acid groups (broad SMARTS) is 1. The van der Waals surface area contributed by atoms with E-state index in [2.05, 4.69) is 6.07 Å². The van der Waals surface area contributed by atoms with Crippen LogP contribution in [-0.4, -0.2) is 37.0 Å². The molecule has 110 valence electrons. The van der Waals surface area contributed by atoms with Crippen molar-refractivity contribution in [1.29, 1.82) is 0 Å². The van der Waals surface area contributed by atoms with Crippen molar-refractivity contribution < 1.29 is 9.90 Å². The molecule has 1 aromatic rings. The first-order chi connectivity index (χ1) is 8.00. The number of carboxylic acids is 1. The molecule has 0 aliphatic rings. The second kappa shape index (κ2) is 10.2. The van der Waals surface area contributed by atoms with Gasteiger partial charge in [-0.15, -0.1) is 24.8 Å². The molecule has 0 aromatic heterocycles. The summed E-state index contributed by atoms with van der Waals surface area (Å²) in [5, 5.41) is 8.65. The molecule has 19 heavy (non-hydrogen) atoms. The van der Waals surface area contributed by atoms with Crippen molar-refractivity contribution >= 4 is 48.2 Å². The maximum atomic E-state index is 10.5. The molecule has 0 aliphatic carbocycles. The molecule has 3 N–H and O–H groups in total. The van der Waals surface area contributed by atoms with Crippen LogP contribution in [0.4, 0.5) is 5.69 Å². The van der Waals surface area contributed by atoms with Crippen LogP contribution in [0, 0.1) is 0 Å². The molecule has 0 aliphatic heterocycles. The number of thioether (sulfide) groups is 1. The molecule has 0 amide bonds. The van der Waals surface area contributed by atoms with Crippen LogP contribution >= 0.6 is 36.6 Å². The van der Waals surface area contributed by atoms with Crippen LogP contribution in [0.1, 0.15) is 5.56 Å². The lowest BCUT2D eigenvalue weighted by Crippen LogP contribution is -2.32. The summed E-state index contributed by atoms with van der Waals surface area (Å²) in [6.45, 7) is 0. The molecule has 0 radical (unpaired) electrons. The Morgan fingerprint density at radius 1 is 1.42 bits per heavy atom. The Labute approximate surface area is 130 Å². The number of hydrogen-bond donors (Lipinski definition) is 2. The highest BCUT2D eigenvalue weighted by molar-refractivity contribution is 7.98. The molecule has 0 spiro atoms. The quantitative estimate of drug-likeness (QED) is 0.839. The summed E-state index contributed by atoms with van der Waals surface area (Å²) in [5.41, 5.74) is 7.75. The van der Waals surface area contributed by atoms with E-state index in [0.29, 0.717) is 5.75 Å². The van der Waals surface area contributed by atoms with Gasteiger partial charge in [-0.3, -0.25) is 4.79 Å². The van der Waals surface area contributed by atoms with Gasteiger partial charge < -0.3 is 15.7 Å². The number of rotatable bonds is 6. The molecule has 4 nitrogen and oxygen atoms in total. The van der Waals surface area contributed by atoms with E-state index < -0.39 is 12.0 Å². The summed E-state index contributed by atoms with van der Waals surface area (Å²) >= 11 is 1.54. The van der Waals surface area contributed by atoms with E-state index >= 15 is 0 Å². The summed E-state index contributed by atoms with van der Waals surface area (Å²) in [7, 11) is 3.99. The Balaban J connectivity index is 0. The third kappa shape index (κ3) is 7.52. The van der Waals surface area contributed by atoms with E-state index in [1.54, 1.807) is 0 Å². The number of aliphatic carboxylic acids is 1. The first kappa shape index (κ1) is 20.7. The molecular weight excluding hydrogens is 307 g/mol. The topological polar surface area (TPSA) is 66.6 Å². The van der Waals surface area contributed by atoms with E-state index in [9.17, 15) is 4.79 Å². The molecule has 1 atom stereocenters. The molecule has 0 fully saturated rings. The standard InChI is InChI=1S/C12H18N2O2S.2ClH/c1-14(2)10-5-3-4-9(6-10)7-17-8-11(13)12(15)16;;/h3-6,11H,7-8,13H2,1-2H3,(H,15,16);2*1H/t11-;;/m0../s1. The second-order valence-corrected chi connectivity index (χ2v) is 5.05. The zero-order chi connectivity index (χ0) is 12.8. The molecular formula is C12H20Cl2N2O2S. The van der Waals surface area contributed by atoms with E-state index in [-0.39, 0.29) is 24.8 Å². The smallest absolute Gasteiger partial charge is 0.321 e. The van der Waals surface area contributed by atoms with Crippen molar-refractivity contribution in [2.24, 2.45) is 5.73 Å². The predicted molar refractivity (Wildman–Crippen MR) is 87.0 cm³/mol. The van der Waals surface area contributed by atoms with Crippen LogP contribution in [0.2, 0.25) is 0 Å². The van der Waals surface area contributed by atoms with Crippen LogP contribution in [-0.2, 0) is 10.5 Å². The third-order valence-corrected chi connectivity index (χ3v) is 3.44. The van der Waals surface area contributed by atoms with Gasteiger partial charge in [0.15, 0.2) is 0 Å². The molecule has 0 heterocycles. The van der Waals surface area contributed by atoms with Crippen LogP contribution in [0.5, 0.6) is 0 Å². The number of nitrogens with zero attached hydrogens (tertiary/aromatic N) is 1. The molecule has 0 saturated heterocycles. The summed E-state index contributed by atoms with van der Waals surface area (Å²) < 4.78 is 0. The van der Waals surface area contributed by atoms with Gasteiger partial charge in [0.1, 0.15) is 6.04 Å². The highest BCUT2D eigenvalue weighted by Gasteiger charge is 2.10.